The van der Waals surface area contributed by atoms with Gasteiger partial charge in [-0.1, -0.05) is 19.5 Å². The van der Waals surface area contributed by atoms with Crippen molar-refractivity contribution < 1.29 is 21.1 Å². The molecular formula is C9H12NW-. The summed E-state index contributed by atoms with van der Waals surface area (Å²) in [7, 11) is 0. The Morgan fingerprint density at radius 3 is 2.45 bits per heavy atom. The second-order valence-corrected chi connectivity index (χ2v) is 2.73. The predicted molar refractivity (Wildman–Crippen MR) is 43.8 cm³/mol. The van der Waals surface area contributed by atoms with E-state index in [0.717, 1.165) is 5.69 Å². The second kappa shape index (κ2) is 4.56. The van der Waals surface area contributed by atoms with E-state index in [1.807, 2.05) is 18.2 Å². The summed E-state index contributed by atoms with van der Waals surface area (Å²) in [5.41, 5.74) is 7.58. The molecule has 0 radical (unpaired) electrons. The van der Waals surface area contributed by atoms with E-state index in [0.29, 0.717) is 5.92 Å². The third kappa shape index (κ3) is 3.07. The van der Waals surface area contributed by atoms with Crippen molar-refractivity contribution in [1.29, 1.82) is 0 Å². The minimum atomic E-state index is 0. The van der Waals surface area contributed by atoms with Gasteiger partial charge < -0.3 is 5.73 Å². The Kier molecular flexibility index (Phi) is 4.44. The number of nitrogens with two attached hydrogens (primary N) is 1. The topological polar surface area (TPSA) is 26.0 Å². The van der Waals surface area contributed by atoms with Gasteiger partial charge in [0.05, 0.1) is 0 Å². The Hall–Kier alpha value is -0.292. The Morgan fingerprint density at radius 1 is 1.45 bits per heavy atom. The summed E-state index contributed by atoms with van der Waals surface area (Å²) in [4.78, 5) is 0. The first-order valence-corrected chi connectivity index (χ1v) is 3.47. The number of hydrogen-bond acceptors (Lipinski definition) is 1. The number of rotatable bonds is 1. The van der Waals surface area contributed by atoms with Crippen LogP contribution < -0.4 is 5.73 Å². The Bertz CT molecular complexity index is 221. The van der Waals surface area contributed by atoms with Crippen molar-refractivity contribution in [3.63, 3.8) is 0 Å². The zero-order valence-electron chi connectivity index (χ0n) is 6.79. The van der Waals surface area contributed by atoms with E-state index >= 15 is 0 Å². The van der Waals surface area contributed by atoms with Crippen molar-refractivity contribution in [2.24, 2.45) is 0 Å². The molecule has 60 valence electrons. The maximum atomic E-state index is 5.58. The molecule has 0 aromatic heterocycles. The van der Waals surface area contributed by atoms with Gasteiger partial charge in [0, 0.05) is 21.1 Å². The molecule has 0 atom stereocenters. The van der Waals surface area contributed by atoms with Crippen LogP contribution in [0.15, 0.2) is 18.2 Å². The van der Waals surface area contributed by atoms with Crippen LogP contribution in [-0.4, -0.2) is 0 Å². The van der Waals surface area contributed by atoms with E-state index in [4.69, 9.17) is 5.73 Å². The standard InChI is InChI=1S/C9H12N.W/c1-7(2)8-4-3-5-9(10)6-8;/h3,5-7H,10H2,1-2H3;/q-1;. The number of nitrogen functional groups attached to an aromatic ring is 1. The molecule has 0 saturated heterocycles. The van der Waals surface area contributed by atoms with Gasteiger partial charge >= 0.3 is 0 Å². The van der Waals surface area contributed by atoms with Gasteiger partial charge in [0.15, 0.2) is 0 Å². The predicted octanol–water partition coefficient (Wildman–Crippen LogP) is 2.19. The molecule has 0 fully saturated rings. The number of benzene rings is 1. The molecule has 0 aliphatic heterocycles. The van der Waals surface area contributed by atoms with E-state index < -0.39 is 0 Å². The van der Waals surface area contributed by atoms with Crippen LogP contribution in [0.25, 0.3) is 0 Å². The third-order valence-electron chi connectivity index (χ3n) is 1.47. The smallest absolute Gasteiger partial charge is 0 e. The van der Waals surface area contributed by atoms with Crippen molar-refractivity contribution in [2.45, 2.75) is 19.8 Å². The summed E-state index contributed by atoms with van der Waals surface area (Å²) >= 11 is 0. The van der Waals surface area contributed by atoms with Crippen molar-refractivity contribution in [2.75, 3.05) is 5.73 Å². The average Bonchev–Trinajstić information content (AvgIpc) is 1.88. The van der Waals surface area contributed by atoms with Gasteiger partial charge in [-0.3, -0.25) is 0 Å². The molecule has 1 nitrogen and oxygen atoms in total. The first kappa shape index (κ1) is 10.7. The summed E-state index contributed by atoms with van der Waals surface area (Å²) in [5, 5.41) is 0. The van der Waals surface area contributed by atoms with Crippen LogP contribution in [0.4, 0.5) is 5.69 Å². The van der Waals surface area contributed by atoms with Crippen LogP contribution >= 0.6 is 0 Å². The monoisotopic (exact) mass is 318 g/mol. The van der Waals surface area contributed by atoms with Gasteiger partial charge in [0.1, 0.15) is 0 Å². The van der Waals surface area contributed by atoms with E-state index in [-0.39, 0.29) is 21.1 Å². The maximum absolute atomic E-state index is 5.58. The van der Waals surface area contributed by atoms with Crippen LogP contribution in [0.2, 0.25) is 0 Å². The largest absolute Gasteiger partial charge is 0.419 e. The molecule has 0 bridgehead atoms. The van der Waals surface area contributed by atoms with Gasteiger partial charge in [-0.15, -0.1) is 12.1 Å². The minimum Gasteiger partial charge on any atom is -0.419 e. The Balaban J connectivity index is 0.000001000. The first-order chi connectivity index (χ1) is 4.70. The maximum Gasteiger partial charge on any atom is 0 e. The molecule has 11 heavy (non-hydrogen) atoms. The fourth-order valence-corrected chi connectivity index (χ4v) is 0.837. The van der Waals surface area contributed by atoms with E-state index in [9.17, 15) is 0 Å². The molecule has 2 heteroatoms. The molecule has 0 saturated carbocycles. The van der Waals surface area contributed by atoms with Crippen LogP contribution in [0.3, 0.4) is 0 Å². The minimum absolute atomic E-state index is 0. The van der Waals surface area contributed by atoms with E-state index in [1.54, 1.807) is 0 Å². The van der Waals surface area contributed by atoms with Gasteiger partial charge in [0.2, 0.25) is 0 Å². The zero-order valence-corrected chi connectivity index (χ0v) is 9.73. The fraction of sp³-hybridized carbons (Fsp3) is 0.333. The fourth-order valence-electron chi connectivity index (χ4n) is 0.837. The Labute approximate surface area is 82.3 Å². The van der Waals surface area contributed by atoms with E-state index in [1.165, 1.54) is 5.56 Å². The van der Waals surface area contributed by atoms with Crippen molar-refractivity contribution >= 4 is 5.69 Å². The molecule has 0 amide bonds. The average molecular weight is 318 g/mol. The summed E-state index contributed by atoms with van der Waals surface area (Å²) in [6.07, 6.45) is 0. The summed E-state index contributed by atoms with van der Waals surface area (Å²) in [5.74, 6) is 0.517. The Morgan fingerprint density at radius 2 is 2.09 bits per heavy atom. The SMILES string of the molecule is CC(C)c1[c-]ccc(N)c1.[W]. The van der Waals surface area contributed by atoms with Gasteiger partial charge in [-0.2, -0.15) is 17.7 Å². The molecule has 1 aromatic rings. The molecule has 0 spiro atoms. The summed E-state index contributed by atoms with van der Waals surface area (Å²) in [6, 6.07) is 8.81. The molecule has 0 heterocycles. The van der Waals surface area contributed by atoms with Gasteiger partial charge in [0.25, 0.3) is 0 Å². The zero-order chi connectivity index (χ0) is 7.56. The van der Waals surface area contributed by atoms with Gasteiger partial charge in [-0.25, -0.2) is 0 Å². The van der Waals surface area contributed by atoms with Crippen molar-refractivity contribution in [3.05, 3.63) is 29.8 Å². The van der Waals surface area contributed by atoms with Crippen LogP contribution in [0.1, 0.15) is 25.3 Å². The second-order valence-electron chi connectivity index (χ2n) is 2.73. The van der Waals surface area contributed by atoms with Crippen LogP contribution in [-0.2, 0) is 21.1 Å². The van der Waals surface area contributed by atoms with E-state index in [2.05, 4.69) is 19.9 Å². The van der Waals surface area contributed by atoms with Gasteiger partial charge in [-0.05, 0) is 5.92 Å². The molecule has 0 unspecified atom stereocenters. The number of anilines is 1. The third-order valence-corrected chi connectivity index (χ3v) is 1.47. The molecule has 0 aliphatic carbocycles. The van der Waals surface area contributed by atoms with Crippen LogP contribution in [0.5, 0.6) is 0 Å². The van der Waals surface area contributed by atoms with Crippen molar-refractivity contribution in [1.82, 2.24) is 0 Å². The molecule has 1 aromatic carbocycles. The molecular weight excluding hydrogens is 306 g/mol. The molecule has 2 N–H and O–H groups in total. The van der Waals surface area contributed by atoms with Crippen molar-refractivity contribution in [3.8, 4) is 0 Å². The summed E-state index contributed by atoms with van der Waals surface area (Å²) in [6.45, 7) is 4.26. The summed E-state index contributed by atoms with van der Waals surface area (Å²) < 4.78 is 0. The van der Waals surface area contributed by atoms with Crippen LogP contribution in [0, 0.1) is 6.07 Å². The normalized spacial score (nSPS) is 9.36. The number of hydrogen-bond donors (Lipinski definition) is 1. The molecule has 1 rings (SSSR count). The quantitative estimate of drug-likeness (QED) is 0.623. The first-order valence-electron chi connectivity index (χ1n) is 3.47. The molecule has 0 aliphatic rings.